The highest BCUT2D eigenvalue weighted by atomic mass is 16.7. The Morgan fingerprint density at radius 2 is 1.40 bits per heavy atom. The molecule has 0 aromatic rings. The standard InChI is InChI=1S/C21H40O14/c1-2-4-10(23)11(24)5-3-6-15(27)33-8-12(25)16(28)17(29)13(26)9-34-21-20(32)19(31)18(30)14(7-22)35-21/h10-14,16-26,28-32H,2-9H2,1H3/t10?,11?,12?,13-,14?,16-,17-,18-,19+,20?,21+/m1/s1. The van der Waals surface area contributed by atoms with E-state index in [4.69, 9.17) is 19.3 Å². The second kappa shape index (κ2) is 16.0. The van der Waals surface area contributed by atoms with E-state index in [-0.39, 0.29) is 19.3 Å². The van der Waals surface area contributed by atoms with Crippen molar-refractivity contribution in [1.82, 2.24) is 0 Å². The zero-order chi connectivity index (χ0) is 26.7. The minimum atomic E-state index is -1.97. The van der Waals surface area contributed by atoms with E-state index in [2.05, 4.69) is 0 Å². The molecule has 0 aromatic heterocycles. The molecule has 1 aliphatic rings. The topological polar surface area (TPSA) is 247 Å². The highest BCUT2D eigenvalue weighted by Crippen LogP contribution is 2.22. The number of hydrogen-bond acceptors (Lipinski definition) is 14. The molecule has 1 aliphatic heterocycles. The van der Waals surface area contributed by atoms with Crippen molar-refractivity contribution in [3.8, 4) is 0 Å². The van der Waals surface area contributed by atoms with Gasteiger partial charge in [0.25, 0.3) is 0 Å². The minimum absolute atomic E-state index is 0.114. The van der Waals surface area contributed by atoms with Crippen LogP contribution in [0.4, 0.5) is 0 Å². The third-order valence-electron chi connectivity index (χ3n) is 5.74. The first kappa shape index (κ1) is 32.0. The van der Waals surface area contributed by atoms with Gasteiger partial charge in [0.05, 0.1) is 25.4 Å². The fraction of sp³-hybridized carbons (Fsp3) is 0.952. The second-order valence-corrected chi connectivity index (χ2v) is 8.65. The zero-order valence-corrected chi connectivity index (χ0v) is 19.6. The molecule has 0 bridgehead atoms. The van der Waals surface area contributed by atoms with Gasteiger partial charge in [-0.15, -0.1) is 0 Å². The van der Waals surface area contributed by atoms with Gasteiger partial charge in [-0.1, -0.05) is 13.3 Å². The number of hydrogen-bond donors (Lipinski definition) is 10. The van der Waals surface area contributed by atoms with Gasteiger partial charge in [0.15, 0.2) is 6.29 Å². The third kappa shape index (κ3) is 10.1. The number of carbonyl (C=O) groups excluding carboxylic acids is 1. The van der Waals surface area contributed by atoms with Gasteiger partial charge in [-0.3, -0.25) is 4.79 Å². The molecule has 10 N–H and O–H groups in total. The van der Waals surface area contributed by atoms with Crippen LogP contribution in [0, 0.1) is 0 Å². The molecule has 0 saturated carbocycles. The molecule has 11 atom stereocenters. The molecular formula is C21H40O14. The van der Waals surface area contributed by atoms with Crippen molar-refractivity contribution in [2.75, 3.05) is 19.8 Å². The van der Waals surface area contributed by atoms with Gasteiger partial charge in [-0.2, -0.15) is 0 Å². The molecule has 0 amide bonds. The highest BCUT2D eigenvalue weighted by molar-refractivity contribution is 5.69. The summed E-state index contributed by atoms with van der Waals surface area (Å²) >= 11 is 0. The van der Waals surface area contributed by atoms with Crippen LogP contribution in [0.5, 0.6) is 0 Å². The van der Waals surface area contributed by atoms with E-state index >= 15 is 0 Å². The fourth-order valence-electron chi connectivity index (χ4n) is 3.44. The molecule has 0 aliphatic carbocycles. The molecule has 5 unspecified atom stereocenters. The average molecular weight is 517 g/mol. The maximum absolute atomic E-state index is 11.8. The van der Waals surface area contributed by atoms with E-state index in [1.165, 1.54) is 0 Å². The maximum Gasteiger partial charge on any atom is 0.305 e. The van der Waals surface area contributed by atoms with Gasteiger partial charge in [0.1, 0.15) is 55.4 Å². The molecule has 0 spiro atoms. The molecule has 1 heterocycles. The van der Waals surface area contributed by atoms with Crippen LogP contribution in [0.25, 0.3) is 0 Å². The van der Waals surface area contributed by atoms with Gasteiger partial charge in [0.2, 0.25) is 0 Å². The first-order valence-electron chi connectivity index (χ1n) is 11.6. The molecule has 0 radical (unpaired) electrons. The Balaban J connectivity index is 2.39. The van der Waals surface area contributed by atoms with Crippen LogP contribution >= 0.6 is 0 Å². The van der Waals surface area contributed by atoms with Crippen LogP contribution in [-0.2, 0) is 19.0 Å². The first-order chi connectivity index (χ1) is 16.4. The Labute approximate surface area is 202 Å². The van der Waals surface area contributed by atoms with Crippen molar-refractivity contribution in [2.45, 2.75) is 106 Å². The summed E-state index contributed by atoms with van der Waals surface area (Å²) in [6.07, 6.45) is -15.8. The van der Waals surface area contributed by atoms with Crippen molar-refractivity contribution in [3.05, 3.63) is 0 Å². The van der Waals surface area contributed by atoms with Crippen molar-refractivity contribution in [3.63, 3.8) is 0 Å². The van der Waals surface area contributed by atoms with E-state index in [1.807, 2.05) is 6.92 Å². The lowest BCUT2D eigenvalue weighted by Crippen LogP contribution is -2.59. The lowest BCUT2D eigenvalue weighted by molar-refractivity contribution is -0.306. The lowest BCUT2D eigenvalue weighted by Gasteiger charge is -2.40. The largest absolute Gasteiger partial charge is 0.463 e. The lowest BCUT2D eigenvalue weighted by atomic mass is 9.99. The van der Waals surface area contributed by atoms with Crippen molar-refractivity contribution < 1.29 is 70.1 Å². The summed E-state index contributed by atoms with van der Waals surface area (Å²) in [5.74, 6) is -0.741. The molecule has 1 rings (SSSR count). The average Bonchev–Trinajstić information content (AvgIpc) is 2.84. The van der Waals surface area contributed by atoms with Crippen LogP contribution in [0.1, 0.15) is 39.0 Å². The van der Waals surface area contributed by atoms with Gasteiger partial charge in [0, 0.05) is 6.42 Å². The number of rotatable bonds is 16. The van der Waals surface area contributed by atoms with Crippen molar-refractivity contribution >= 4 is 5.97 Å². The van der Waals surface area contributed by atoms with Crippen molar-refractivity contribution in [2.24, 2.45) is 0 Å². The Morgan fingerprint density at radius 1 is 0.829 bits per heavy atom. The van der Waals surface area contributed by atoms with Gasteiger partial charge < -0.3 is 65.3 Å². The summed E-state index contributed by atoms with van der Waals surface area (Å²) in [4.78, 5) is 11.8. The van der Waals surface area contributed by atoms with E-state index in [0.717, 1.165) is 0 Å². The number of carbonyl (C=O) groups is 1. The Morgan fingerprint density at radius 3 is 1.97 bits per heavy atom. The molecule has 1 saturated heterocycles. The third-order valence-corrected chi connectivity index (χ3v) is 5.74. The van der Waals surface area contributed by atoms with E-state index < -0.39 is 93.1 Å². The number of aliphatic hydroxyl groups is 10. The van der Waals surface area contributed by atoms with Crippen LogP contribution in [0.15, 0.2) is 0 Å². The molecule has 14 heteroatoms. The highest BCUT2D eigenvalue weighted by Gasteiger charge is 2.44. The smallest absolute Gasteiger partial charge is 0.305 e. The predicted molar refractivity (Wildman–Crippen MR) is 115 cm³/mol. The minimum Gasteiger partial charge on any atom is -0.463 e. The summed E-state index contributed by atoms with van der Waals surface area (Å²) in [6.45, 7) is -0.269. The molecular weight excluding hydrogens is 476 g/mol. The molecule has 14 nitrogen and oxygen atoms in total. The Bertz CT molecular complexity index is 592. The normalized spacial score (nSPS) is 30.2. The van der Waals surface area contributed by atoms with Crippen LogP contribution < -0.4 is 0 Å². The maximum atomic E-state index is 11.8. The quantitative estimate of drug-likeness (QED) is 0.0869. The Kier molecular flexibility index (Phi) is 14.6. The van der Waals surface area contributed by atoms with Crippen LogP contribution in [-0.4, -0.2) is 144 Å². The summed E-state index contributed by atoms with van der Waals surface area (Å²) < 4.78 is 15.0. The molecule has 208 valence electrons. The van der Waals surface area contributed by atoms with Gasteiger partial charge in [-0.05, 0) is 19.3 Å². The van der Waals surface area contributed by atoms with E-state index in [9.17, 15) is 50.8 Å². The molecule has 35 heavy (non-hydrogen) atoms. The summed E-state index contributed by atoms with van der Waals surface area (Å²) in [5.41, 5.74) is 0. The SMILES string of the molecule is CCCC(O)C(O)CCCC(=O)OCC(O)[C@@H](O)[C@H](O)[C@H](O)CO[C@H]1OC(CO)[C@@H](O)[C@H](O)C1O. The number of aliphatic hydroxyl groups excluding tert-OH is 10. The van der Waals surface area contributed by atoms with Crippen LogP contribution in [0.3, 0.4) is 0 Å². The van der Waals surface area contributed by atoms with Crippen LogP contribution in [0.2, 0.25) is 0 Å². The van der Waals surface area contributed by atoms with Gasteiger partial charge >= 0.3 is 5.97 Å². The zero-order valence-electron chi connectivity index (χ0n) is 19.6. The summed E-state index contributed by atoms with van der Waals surface area (Å²) in [7, 11) is 0. The number of esters is 1. The van der Waals surface area contributed by atoms with Crippen molar-refractivity contribution in [1.29, 1.82) is 0 Å². The molecule has 1 fully saturated rings. The second-order valence-electron chi connectivity index (χ2n) is 8.65. The summed E-state index contributed by atoms with van der Waals surface area (Å²) in [5, 5.41) is 97.9. The van der Waals surface area contributed by atoms with E-state index in [1.54, 1.807) is 0 Å². The predicted octanol–water partition coefficient (Wildman–Crippen LogP) is -4.52. The monoisotopic (exact) mass is 516 g/mol. The summed E-state index contributed by atoms with van der Waals surface area (Å²) in [6, 6.07) is 0. The Hall–Kier alpha value is -1.01. The fourth-order valence-corrected chi connectivity index (χ4v) is 3.44. The molecule has 0 aromatic carbocycles. The van der Waals surface area contributed by atoms with Gasteiger partial charge in [-0.25, -0.2) is 0 Å². The first-order valence-corrected chi connectivity index (χ1v) is 11.6. The number of ether oxygens (including phenoxy) is 3. The van der Waals surface area contributed by atoms with E-state index in [0.29, 0.717) is 12.8 Å².